The second kappa shape index (κ2) is 6.55. The van der Waals surface area contributed by atoms with Crippen LogP contribution >= 0.6 is 0 Å². The van der Waals surface area contributed by atoms with E-state index in [-0.39, 0.29) is 6.54 Å². The van der Waals surface area contributed by atoms with Crippen molar-refractivity contribution < 1.29 is 5.11 Å². The quantitative estimate of drug-likeness (QED) is 0.878. The zero-order valence-corrected chi connectivity index (χ0v) is 12.1. The maximum atomic E-state index is 9.97. The average molecular weight is 270 g/mol. The second-order valence-electron chi connectivity index (χ2n) is 5.07. The Morgan fingerprint density at radius 1 is 0.950 bits per heavy atom. The van der Waals surface area contributed by atoms with Gasteiger partial charge in [0.2, 0.25) is 0 Å². The summed E-state index contributed by atoms with van der Waals surface area (Å²) in [5, 5.41) is 9.97. The molecule has 0 aliphatic heterocycles. The first-order valence-electron chi connectivity index (χ1n) is 6.90. The normalized spacial score (nSPS) is 12.2. The van der Waals surface area contributed by atoms with E-state index in [1.165, 1.54) is 11.1 Å². The summed E-state index contributed by atoms with van der Waals surface area (Å²) in [6.45, 7) is 4.91. The first kappa shape index (κ1) is 14.6. The predicted octanol–water partition coefficient (Wildman–Crippen LogP) is 2.76. The van der Waals surface area contributed by atoms with E-state index in [0.29, 0.717) is 6.54 Å². The van der Waals surface area contributed by atoms with Crippen molar-refractivity contribution in [1.82, 2.24) is 0 Å². The van der Waals surface area contributed by atoms with E-state index < -0.39 is 6.10 Å². The van der Waals surface area contributed by atoms with Gasteiger partial charge in [0.05, 0.1) is 12.6 Å². The lowest BCUT2D eigenvalue weighted by Gasteiger charge is -2.29. The van der Waals surface area contributed by atoms with Crippen molar-refractivity contribution >= 4 is 11.4 Å². The minimum atomic E-state index is -0.547. The van der Waals surface area contributed by atoms with Gasteiger partial charge < -0.3 is 15.7 Å². The van der Waals surface area contributed by atoms with E-state index in [2.05, 4.69) is 43.0 Å². The molecular formula is C17H22N2O. The molecule has 0 spiro atoms. The first-order chi connectivity index (χ1) is 9.63. The van der Waals surface area contributed by atoms with Crippen molar-refractivity contribution in [2.24, 2.45) is 5.73 Å². The highest BCUT2D eigenvalue weighted by atomic mass is 16.3. The Hall–Kier alpha value is -1.84. The molecule has 3 heteroatoms. The van der Waals surface area contributed by atoms with E-state index in [1.54, 1.807) is 0 Å². The minimum Gasteiger partial charge on any atom is -0.390 e. The Kier molecular flexibility index (Phi) is 4.77. The summed E-state index contributed by atoms with van der Waals surface area (Å²) in [5.41, 5.74) is 10.1. The van der Waals surface area contributed by atoms with Crippen LogP contribution in [0.15, 0.2) is 48.5 Å². The molecule has 0 aromatic heterocycles. The van der Waals surface area contributed by atoms with Gasteiger partial charge in [0, 0.05) is 17.9 Å². The van der Waals surface area contributed by atoms with E-state index in [0.717, 1.165) is 11.4 Å². The van der Waals surface area contributed by atoms with Crippen LogP contribution in [-0.4, -0.2) is 24.3 Å². The van der Waals surface area contributed by atoms with Gasteiger partial charge in [-0.1, -0.05) is 36.4 Å². The number of para-hydroxylation sites is 2. The Balaban J connectivity index is 2.45. The standard InChI is InChI=1S/C17H22N2O/c1-13-7-3-5-9-16(13)19(12-15(20)11-18)17-10-6-4-8-14(17)2/h3-10,15,20H,11-12,18H2,1-2H3/t15-/m0/s1. The van der Waals surface area contributed by atoms with Crippen molar-refractivity contribution in [2.45, 2.75) is 20.0 Å². The molecule has 2 aromatic rings. The van der Waals surface area contributed by atoms with Crippen LogP contribution in [0.2, 0.25) is 0 Å². The van der Waals surface area contributed by atoms with Gasteiger partial charge in [-0.25, -0.2) is 0 Å². The summed E-state index contributed by atoms with van der Waals surface area (Å²) in [6, 6.07) is 16.4. The van der Waals surface area contributed by atoms with Crippen molar-refractivity contribution in [2.75, 3.05) is 18.0 Å². The number of aliphatic hydroxyl groups excluding tert-OH is 1. The monoisotopic (exact) mass is 270 g/mol. The molecule has 1 atom stereocenters. The lowest BCUT2D eigenvalue weighted by molar-refractivity contribution is 0.191. The summed E-state index contributed by atoms with van der Waals surface area (Å²) < 4.78 is 0. The van der Waals surface area contributed by atoms with Gasteiger partial charge in [-0.05, 0) is 37.1 Å². The van der Waals surface area contributed by atoms with Crippen molar-refractivity contribution in [3.05, 3.63) is 59.7 Å². The number of hydrogen-bond donors (Lipinski definition) is 2. The lowest BCUT2D eigenvalue weighted by atomic mass is 10.1. The predicted molar refractivity (Wildman–Crippen MR) is 84.4 cm³/mol. The molecule has 0 aliphatic rings. The number of benzene rings is 2. The van der Waals surface area contributed by atoms with Gasteiger partial charge >= 0.3 is 0 Å². The smallest absolute Gasteiger partial charge is 0.0841 e. The molecule has 2 rings (SSSR count). The van der Waals surface area contributed by atoms with Crippen LogP contribution < -0.4 is 10.6 Å². The number of aryl methyl sites for hydroxylation is 2. The molecule has 2 aromatic carbocycles. The molecule has 0 heterocycles. The van der Waals surface area contributed by atoms with E-state index in [1.807, 2.05) is 24.3 Å². The molecule has 0 saturated carbocycles. The highest BCUT2D eigenvalue weighted by molar-refractivity contribution is 5.68. The number of hydrogen-bond acceptors (Lipinski definition) is 3. The largest absolute Gasteiger partial charge is 0.390 e. The summed E-state index contributed by atoms with van der Waals surface area (Å²) in [6.07, 6.45) is -0.547. The molecule has 3 nitrogen and oxygen atoms in total. The summed E-state index contributed by atoms with van der Waals surface area (Å²) in [5.74, 6) is 0. The SMILES string of the molecule is Cc1ccccc1N(C[C@@H](O)CN)c1ccccc1C. The molecule has 0 saturated heterocycles. The molecule has 3 N–H and O–H groups in total. The van der Waals surface area contributed by atoms with Crippen LogP contribution in [0.4, 0.5) is 11.4 Å². The molecule has 0 amide bonds. The fraction of sp³-hybridized carbons (Fsp3) is 0.294. The lowest BCUT2D eigenvalue weighted by Crippen LogP contribution is -2.34. The van der Waals surface area contributed by atoms with Crippen molar-refractivity contribution in [3.8, 4) is 0 Å². The van der Waals surface area contributed by atoms with Crippen LogP contribution in [0.3, 0.4) is 0 Å². The van der Waals surface area contributed by atoms with Gasteiger partial charge in [0.15, 0.2) is 0 Å². The van der Waals surface area contributed by atoms with Gasteiger partial charge in [0.1, 0.15) is 0 Å². The topological polar surface area (TPSA) is 49.5 Å². The summed E-state index contributed by atoms with van der Waals surface area (Å²) in [7, 11) is 0. The fourth-order valence-electron chi connectivity index (χ4n) is 2.34. The Bertz CT molecular complexity index is 523. The van der Waals surface area contributed by atoms with Gasteiger partial charge in [-0.15, -0.1) is 0 Å². The van der Waals surface area contributed by atoms with Crippen molar-refractivity contribution in [3.63, 3.8) is 0 Å². The Labute approximate surface area is 120 Å². The van der Waals surface area contributed by atoms with E-state index >= 15 is 0 Å². The Morgan fingerprint density at radius 3 is 1.80 bits per heavy atom. The maximum Gasteiger partial charge on any atom is 0.0841 e. The number of aliphatic hydroxyl groups is 1. The number of nitrogens with two attached hydrogens (primary N) is 1. The molecule has 20 heavy (non-hydrogen) atoms. The fourth-order valence-corrected chi connectivity index (χ4v) is 2.34. The highest BCUT2D eigenvalue weighted by Crippen LogP contribution is 2.30. The zero-order valence-electron chi connectivity index (χ0n) is 12.1. The first-order valence-corrected chi connectivity index (χ1v) is 6.90. The van der Waals surface area contributed by atoms with Gasteiger partial charge in [0.25, 0.3) is 0 Å². The average Bonchev–Trinajstić information content (AvgIpc) is 2.46. The molecular weight excluding hydrogens is 248 g/mol. The van der Waals surface area contributed by atoms with Gasteiger partial charge in [-0.2, -0.15) is 0 Å². The van der Waals surface area contributed by atoms with Crippen LogP contribution in [0, 0.1) is 13.8 Å². The van der Waals surface area contributed by atoms with Gasteiger partial charge in [-0.3, -0.25) is 0 Å². The maximum absolute atomic E-state index is 9.97. The minimum absolute atomic E-state index is 0.258. The third-order valence-electron chi connectivity index (χ3n) is 3.48. The van der Waals surface area contributed by atoms with Crippen LogP contribution in [0.1, 0.15) is 11.1 Å². The van der Waals surface area contributed by atoms with Crippen molar-refractivity contribution in [1.29, 1.82) is 0 Å². The summed E-state index contributed by atoms with van der Waals surface area (Å²) in [4.78, 5) is 2.14. The van der Waals surface area contributed by atoms with E-state index in [9.17, 15) is 5.11 Å². The molecule has 0 fully saturated rings. The van der Waals surface area contributed by atoms with Crippen LogP contribution in [0.5, 0.6) is 0 Å². The van der Waals surface area contributed by atoms with Crippen LogP contribution in [-0.2, 0) is 0 Å². The number of nitrogens with zero attached hydrogens (tertiary/aromatic N) is 1. The number of rotatable bonds is 5. The zero-order chi connectivity index (χ0) is 14.5. The van der Waals surface area contributed by atoms with E-state index in [4.69, 9.17) is 5.73 Å². The molecule has 106 valence electrons. The summed E-state index contributed by atoms with van der Waals surface area (Å²) >= 11 is 0. The van der Waals surface area contributed by atoms with Crippen LogP contribution in [0.25, 0.3) is 0 Å². The molecule has 0 aliphatic carbocycles. The molecule has 0 unspecified atom stereocenters. The highest BCUT2D eigenvalue weighted by Gasteiger charge is 2.16. The third-order valence-corrected chi connectivity index (χ3v) is 3.48. The second-order valence-corrected chi connectivity index (χ2v) is 5.07. The third kappa shape index (κ3) is 3.18. The Morgan fingerprint density at radius 2 is 1.40 bits per heavy atom. The number of anilines is 2. The molecule has 0 bridgehead atoms. The molecule has 0 radical (unpaired) electrons.